The fourth-order valence-electron chi connectivity index (χ4n) is 4.58. The Morgan fingerprint density at radius 3 is 2.55 bits per heavy atom. The number of amides is 1. The third-order valence-electron chi connectivity index (χ3n) is 6.77. The van der Waals surface area contributed by atoms with E-state index in [-0.39, 0.29) is 18.6 Å². The summed E-state index contributed by atoms with van der Waals surface area (Å²) in [6.45, 7) is 6.88. The first-order chi connectivity index (χ1) is 15.7. The zero-order chi connectivity index (χ0) is 24.1. The predicted octanol–water partition coefficient (Wildman–Crippen LogP) is 2.90. The lowest BCUT2D eigenvalue weighted by Gasteiger charge is -2.35. The molecule has 2 aliphatic rings. The monoisotopic (exact) mass is 518 g/mol. The van der Waals surface area contributed by atoms with Crippen molar-refractivity contribution in [1.82, 2.24) is 19.0 Å². The number of ether oxygens (including phenoxy) is 1. The van der Waals surface area contributed by atoms with Crippen molar-refractivity contribution in [1.29, 1.82) is 0 Å². The van der Waals surface area contributed by atoms with Gasteiger partial charge < -0.3 is 14.5 Å². The lowest BCUT2D eigenvalue weighted by atomic mass is 10.0. The summed E-state index contributed by atoms with van der Waals surface area (Å²) in [5, 5.41) is 0.900. The number of likely N-dealkylation sites (N-methyl/N-ethyl adjacent to an activating group) is 2. The molecule has 0 spiro atoms. The van der Waals surface area contributed by atoms with E-state index in [0.717, 1.165) is 38.2 Å². The van der Waals surface area contributed by atoms with Gasteiger partial charge in [-0.15, -0.1) is 0 Å². The Morgan fingerprint density at radius 2 is 1.88 bits per heavy atom. The van der Waals surface area contributed by atoms with E-state index in [1.165, 1.54) is 12.8 Å². The van der Waals surface area contributed by atoms with Gasteiger partial charge >= 0.3 is 0 Å². The van der Waals surface area contributed by atoms with Gasteiger partial charge in [-0.05, 0) is 64.0 Å². The quantitative estimate of drug-likeness (QED) is 0.470. The molecule has 2 heterocycles. The maximum atomic E-state index is 12.9. The van der Waals surface area contributed by atoms with Crippen molar-refractivity contribution < 1.29 is 13.7 Å². The fourth-order valence-corrected chi connectivity index (χ4v) is 6.49. The average molecular weight is 520 g/mol. The molecule has 2 aliphatic heterocycles. The van der Waals surface area contributed by atoms with Gasteiger partial charge in [-0.1, -0.05) is 23.2 Å². The van der Waals surface area contributed by atoms with Gasteiger partial charge in [0.2, 0.25) is 5.91 Å². The van der Waals surface area contributed by atoms with E-state index >= 15 is 0 Å². The second-order valence-corrected chi connectivity index (χ2v) is 11.5. The van der Waals surface area contributed by atoms with Crippen LogP contribution in [-0.2, 0) is 20.5 Å². The van der Waals surface area contributed by atoms with Gasteiger partial charge in [0.05, 0.1) is 16.5 Å². The van der Waals surface area contributed by atoms with E-state index in [9.17, 15) is 9.00 Å². The molecule has 0 radical (unpaired) electrons. The largest absolute Gasteiger partial charge is 0.370 e. The highest BCUT2D eigenvalue weighted by atomic mass is 35.5. The molecule has 33 heavy (non-hydrogen) atoms. The summed E-state index contributed by atoms with van der Waals surface area (Å²) in [6.07, 6.45) is 3.43. The second-order valence-electron chi connectivity index (χ2n) is 9.16. The van der Waals surface area contributed by atoms with Crippen molar-refractivity contribution in [3.63, 3.8) is 0 Å². The predicted molar refractivity (Wildman–Crippen MR) is 134 cm³/mol. The molecule has 3 rings (SSSR count). The standard InChI is InChI=1S/C23H36Cl2N4O3S/c1-17-13-18(24)14-21(25)23(17)33(31)27(3)11-12-32-16-22(30)28(4)20-7-10-29(15-20)19-5-8-26(2)9-6-19/h13-14,19-20H,5-12,15-16H2,1-4H3/t20-,33?/m1/s1. The minimum Gasteiger partial charge on any atom is -0.370 e. The molecule has 0 aliphatic carbocycles. The summed E-state index contributed by atoms with van der Waals surface area (Å²) in [5.41, 5.74) is 0.779. The highest BCUT2D eigenvalue weighted by Gasteiger charge is 2.33. The highest BCUT2D eigenvalue weighted by molar-refractivity contribution is 7.82. The Bertz CT molecular complexity index is 828. The molecule has 186 valence electrons. The number of hydrogen-bond acceptors (Lipinski definition) is 5. The van der Waals surface area contributed by atoms with E-state index in [4.69, 9.17) is 27.9 Å². The third kappa shape index (κ3) is 7.13. The molecular formula is C23H36Cl2N4O3S. The first-order valence-corrected chi connectivity index (χ1v) is 13.4. The van der Waals surface area contributed by atoms with Crippen molar-refractivity contribution in [3.05, 3.63) is 27.7 Å². The summed E-state index contributed by atoms with van der Waals surface area (Å²) >= 11 is 12.3. The SMILES string of the molecule is Cc1cc(Cl)cc(Cl)c1S(=O)N(C)CCOCC(=O)N(C)[C@@H]1CCN(C2CCN(C)CC2)C1. The molecule has 1 aromatic carbocycles. The zero-order valence-corrected chi connectivity index (χ0v) is 22.4. The number of rotatable bonds is 9. The van der Waals surface area contributed by atoms with Crippen LogP contribution in [0.3, 0.4) is 0 Å². The minimum atomic E-state index is -1.43. The fraction of sp³-hybridized carbons (Fsp3) is 0.696. The van der Waals surface area contributed by atoms with Gasteiger partial charge in [0.15, 0.2) is 0 Å². The van der Waals surface area contributed by atoms with Crippen LogP contribution in [0.5, 0.6) is 0 Å². The normalized spacial score (nSPS) is 21.6. The van der Waals surface area contributed by atoms with E-state index in [1.807, 2.05) is 18.9 Å². The third-order valence-corrected chi connectivity index (χ3v) is 9.04. The first kappa shape index (κ1) is 26.9. The zero-order valence-electron chi connectivity index (χ0n) is 20.1. The van der Waals surface area contributed by atoms with Crippen molar-refractivity contribution in [2.75, 3.05) is 67.1 Å². The molecule has 7 nitrogen and oxygen atoms in total. The summed E-state index contributed by atoms with van der Waals surface area (Å²) in [5.74, 6) is -0.00871. The van der Waals surface area contributed by atoms with E-state index in [2.05, 4.69) is 16.8 Å². The Balaban J connectivity index is 1.39. The molecule has 1 amide bonds. The van der Waals surface area contributed by atoms with E-state index in [0.29, 0.717) is 34.1 Å². The van der Waals surface area contributed by atoms with Crippen molar-refractivity contribution >= 4 is 40.1 Å². The topological polar surface area (TPSA) is 56.3 Å². The summed E-state index contributed by atoms with van der Waals surface area (Å²) < 4.78 is 20.1. The summed E-state index contributed by atoms with van der Waals surface area (Å²) in [6, 6.07) is 4.22. The maximum absolute atomic E-state index is 12.9. The lowest BCUT2D eigenvalue weighted by Crippen LogP contribution is -2.45. The van der Waals surface area contributed by atoms with E-state index in [1.54, 1.807) is 23.5 Å². The number of likely N-dealkylation sites (tertiary alicyclic amines) is 2. The maximum Gasteiger partial charge on any atom is 0.248 e. The molecule has 0 saturated carbocycles. The number of benzene rings is 1. The number of carbonyl (C=O) groups is 1. The molecule has 0 N–H and O–H groups in total. The van der Waals surface area contributed by atoms with Crippen LogP contribution in [-0.4, -0.2) is 108 Å². The van der Waals surface area contributed by atoms with Crippen LogP contribution >= 0.6 is 23.2 Å². The Labute approximate surface area is 210 Å². The number of carbonyl (C=O) groups excluding carboxylic acids is 1. The number of nitrogens with zero attached hydrogens (tertiary/aromatic N) is 4. The first-order valence-electron chi connectivity index (χ1n) is 11.5. The van der Waals surface area contributed by atoms with Crippen LogP contribution in [0.15, 0.2) is 17.0 Å². The second kappa shape index (κ2) is 12.3. The molecule has 0 bridgehead atoms. The van der Waals surface area contributed by atoms with Crippen LogP contribution in [0.25, 0.3) is 0 Å². The number of halogens is 2. The van der Waals surface area contributed by atoms with Gasteiger partial charge in [-0.2, -0.15) is 0 Å². The molecule has 0 aromatic heterocycles. The molecule has 2 saturated heterocycles. The minimum absolute atomic E-state index is 0.00871. The van der Waals surface area contributed by atoms with Crippen LogP contribution in [0, 0.1) is 6.92 Å². The number of hydrogen-bond donors (Lipinski definition) is 0. The molecule has 1 aromatic rings. The van der Waals surface area contributed by atoms with Gasteiger partial charge in [-0.25, -0.2) is 8.51 Å². The molecule has 1 unspecified atom stereocenters. The summed E-state index contributed by atoms with van der Waals surface area (Å²) in [7, 11) is 4.36. The summed E-state index contributed by atoms with van der Waals surface area (Å²) in [4.78, 5) is 20.0. The number of aryl methyl sites for hydroxylation is 1. The smallest absolute Gasteiger partial charge is 0.248 e. The van der Waals surface area contributed by atoms with Crippen LogP contribution < -0.4 is 0 Å². The van der Waals surface area contributed by atoms with E-state index < -0.39 is 11.0 Å². The van der Waals surface area contributed by atoms with Crippen molar-refractivity contribution in [2.24, 2.45) is 0 Å². The van der Waals surface area contributed by atoms with Gasteiger partial charge in [0.1, 0.15) is 17.6 Å². The lowest BCUT2D eigenvalue weighted by molar-refractivity contribution is -0.136. The molecule has 10 heteroatoms. The van der Waals surface area contributed by atoms with Crippen LogP contribution in [0.4, 0.5) is 0 Å². The molecule has 2 atom stereocenters. The highest BCUT2D eigenvalue weighted by Crippen LogP contribution is 2.28. The average Bonchev–Trinajstić information content (AvgIpc) is 3.25. The van der Waals surface area contributed by atoms with Gasteiger partial charge in [0.25, 0.3) is 0 Å². The van der Waals surface area contributed by atoms with Crippen molar-refractivity contribution in [2.45, 2.75) is 43.2 Å². The number of piperidine rings is 1. The van der Waals surface area contributed by atoms with Crippen LogP contribution in [0.1, 0.15) is 24.8 Å². The molecular weight excluding hydrogens is 483 g/mol. The van der Waals surface area contributed by atoms with Gasteiger partial charge in [0, 0.05) is 50.8 Å². The molecule has 2 fully saturated rings. The Morgan fingerprint density at radius 1 is 1.18 bits per heavy atom. The van der Waals surface area contributed by atoms with Crippen LogP contribution in [0.2, 0.25) is 10.0 Å². The Kier molecular flexibility index (Phi) is 10.0. The van der Waals surface area contributed by atoms with Gasteiger partial charge in [-0.3, -0.25) is 9.69 Å². The Hall–Kier alpha value is -0.740. The van der Waals surface area contributed by atoms with Crippen molar-refractivity contribution in [3.8, 4) is 0 Å².